The summed E-state index contributed by atoms with van der Waals surface area (Å²) >= 11 is 1.88. The number of aromatic hydroxyl groups is 1. The van der Waals surface area contributed by atoms with Crippen molar-refractivity contribution < 1.29 is 5.11 Å². The van der Waals surface area contributed by atoms with Gasteiger partial charge in [-0.1, -0.05) is 0 Å². The van der Waals surface area contributed by atoms with Crippen molar-refractivity contribution >= 4 is 11.8 Å². The lowest BCUT2D eigenvalue weighted by molar-refractivity contribution is 0.410. The first-order valence-corrected chi connectivity index (χ1v) is 6.46. The Kier molecular flexibility index (Phi) is 3.92. The molecule has 0 bridgehead atoms. The zero-order chi connectivity index (χ0) is 10.5. The van der Waals surface area contributed by atoms with Crippen LogP contribution in [0.15, 0.2) is 29.2 Å². The van der Waals surface area contributed by atoms with Gasteiger partial charge in [0.2, 0.25) is 0 Å². The second-order valence-corrected chi connectivity index (χ2v) is 5.11. The summed E-state index contributed by atoms with van der Waals surface area (Å²) in [4.78, 5) is 1.25. The predicted molar refractivity (Wildman–Crippen MR) is 64.4 cm³/mol. The van der Waals surface area contributed by atoms with Gasteiger partial charge in [-0.15, -0.1) is 11.8 Å². The Hall–Kier alpha value is -0.670. The van der Waals surface area contributed by atoms with E-state index in [9.17, 15) is 0 Å². The molecule has 2 N–H and O–H groups in total. The van der Waals surface area contributed by atoms with Gasteiger partial charge in [-0.25, -0.2) is 0 Å². The highest BCUT2D eigenvalue weighted by atomic mass is 32.2. The monoisotopic (exact) mass is 223 g/mol. The van der Waals surface area contributed by atoms with Gasteiger partial charge < -0.3 is 10.4 Å². The van der Waals surface area contributed by atoms with Gasteiger partial charge in [0.05, 0.1) is 0 Å². The zero-order valence-electron chi connectivity index (χ0n) is 8.78. The second-order valence-electron chi connectivity index (χ2n) is 4.02. The Bertz CT molecular complexity index is 293. The number of piperidine rings is 1. The molecule has 0 amide bonds. The van der Waals surface area contributed by atoms with Crippen molar-refractivity contribution in [2.45, 2.75) is 17.7 Å². The topological polar surface area (TPSA) is 32.3 Å². The number of phenols is 1. The molecule has 1 aliphatic rings. The number of nitrogens with one attached hydrogen (secondary N) is 1. The molecule has 2 rings (SSSR count). The summed E-state index contributed by atoms with van der Waals surface area (Å²) in [5.41, 5.74) is 0. The summed E-state index contributed by atoms with van der Waals surface area (Å²) in [6.07, 6.45) is 2.65. The van der Waals surface area contributed by atoms with Gasteiger partial charge in [0, 0.05) is 10.6 Å². The first kappa shape index (κ1) is 10.8. The molecule has 15 heavy (non-hydrogen) atoms. The number of benzene rings is 1. The maximum Gasteiger partial charge on any atom is 0.115 e. The molecule has 0 radical (unpaired) electrons. The summed E-state index contributed by atoms with van der Waals surface area (Å²) in [5, 5.41) is 12.6. The Morgan fingerprint density at radius 1 is 1.33 bits per heavy atom. The van der Waals surface area contributed by atoms with E-state index in [1.165, 1.54) is 30.0 Å². The normalized spacial score (nSPS) is 21.5. The summed E-state index contributed by atoms with van der Waals surface area (Å²) in [5.74, 6) is 2.33. The standard InChI is InChI=1S/C12H17NOS/c14-11-3-5-12(6-4-11)15-9-10-2-1-7-13-8-10/h3-6,10,13-14H,1-2,7-9H2. The van der Waals surface area contributed by atoms with Crippen molar-refractivity contribution in [3.63, 3.8) is 0 Å². The quantitative estimate of drug-likeness (QED) is 0.772. The fraction of sp³-hybridized carbons (Fsp3) is 0.500. The van der Waals surface area contributed by atoms with Crippen LogP contribution in [0.2, 0.25) is 0 Å². The van der Waals surface area contributed by atoms with E-state index in [2.05, 4.69) is 5.32 Å². The van der Waals surface area contributed by atoms with E-state index in [4.69, 9.17) is 5.11 Å². The summed E-state index contributed by atoms with van der Waals surface area (Å²) in [6.45, 7) is 2.34. The number of thioether (sulfide) groups is 1. The molecule has 3 heteroatoms. The number of phenolic OH excluding ortho intramolecular Hbond substituents is 1. The van der Waals surface area contributed by atoms with Crippen molar-refractivity contribution in [1.29, 1.82) is 0 Å². The Morgan fingerprint density at radius 2 is 2.13 bits per heavy atom. The molecular formula is C12H17NOS. The number of hydrogen-bond donors (Lipinski definition) is 2. The lowest BCUT2D eigenvalue weighted by Gasteiger charge is -2.22. The van der Waals surface area contributed by atoms with Crippen LogP contribution in [0.4, 0.5) is 0 Å². The minimum absolute atomic E-state index is 0.346. The lowest BCUT2D eigenvalue weighted by atomic mass is 10.0. The molecule has 2 nitrogen and oxygen atoms in total. The summed E-state index contributed by atoms with van der Waals surface area (Å²) < 4.78 is 0. The highest BCUT2D eigenvalue weighted by molar-refractivity contribution is 7.99. The summed E-state index contributed by atoms with van der Waals surface area (Å²) in [6, 6.07) is 7.47. The van der Waals surface area contributed by atoms with Gasteiger partial charge in [0.1, 0.15) is 5.75 Å². The van der Waals surface area contributed by atoms with Gasteiger partial charge in [-0.2, -0.15) is 0 Å². The van der Waals surface area contributed by atoms with E-state index in [-0.39, 0.29) is 0 Å². The fourth-order valence-electron chi connectivity index (χ4n) is 1.82. The average Bonchev–Trinajstić information content (AvgIpc) is 2.30. The van der Waals surface area contributed by atoms with Gasteiger partial charge in [0.25, 0.3) is 0 Å². The van der Waals surface area contributed by atoms with Crippen LogP contribution in [0.3, 0.4) is 0 Å². The molecule has 0 saturated carbocycles. The maximum atomic E-state index is 9.15. The van der Waals surface area contributed by atoms with Crippen LogP contribution in [0.1, 0.15) is 12.8 Å². The third-order valence-corrected chi connectivity index (χ3v) is 3.96. The molecule has 0 aliphatic carbocycles. The zero-order valence-corrected chi connectivity index (χ0v) is 9.59. The Morgan fingerprint density at radius 3 is 2.80 bits per heavy atom. The molecule has 0 aromatic heterocycles. The number of hydrogen-bond acceptors (Lipinski definition) is 3. The Balaban J connectivity index is 1.79. The largest absolute Gasteiger partial charge is 0.508 e. The van der Waals surface area contributed by atoms with Crippen molar-refractivity contribution in [3.05, 3.63) is 24.3 Å². The molecule has 1 aromatic carbocycles. The van der Waals surface area contributed by atoms with E-state index in [0.717, 1.165) is 12.5 Å². The highest BCUT2D eigenvalue weighted by Crippen LogP contribution is 2.25. The third kappa shape index (κ3) is 3.43. The first-order chi connectivity index (χ1) is 7.34. The molecule has 1 atom stereocenters. The second kappa shape index (κ2) is 5.42. The van der Waals surface area contributed by atoms with Gasteiger partial charge in [0.15, 0.2) is 0 Å². The van der Waals surface area contributed by atoms with E-state index < -0.39 is 0 Å². The van der Waals surface area contributed by atoms with Crippen LogP contribution in [0, 0.1) is 5.92 Å². The molecule has 82 valence electrons. The van der Waals surface area contributed by atoms with E-state index in [1.807, 2.05) is 23.9 Å². The van der Waals surface area contributed by atoms with Crippen LogP contribution < -0.4 is 5.32 Å². The van der Waals surface area contributed by atoms with E-state index >= 15 is 0 Å². The smallest absolute Gasteiger partial charge is 0.115 e. The molecule has 1 aliphatic heterocycles. The molecule has 0 spiro atoms. The molecule has 1 unspecified atom stereocenters. The molecule has 1 saturated heterocycles. The SMILES string of the molecule is Oc1ccc(SCC2CCCNC2)cc1. The van der Waals surface area contributed by atoms with E-state index in [0.29, 0.717) is 5.75 Å². The average molecular weight is 223 g/mol. The number of rotatable bonds is 3. The van der Waals surface area contributed by atoms with Crippen molar-refractivity contribution in [2.24, 2.45) is 5.92 Å². The highest BCUT2D eigenvalue weighted by Gasteiger charge is 2.12. The summed E-state index contributed by atoms with van der Waals surface area (Å²) in [7, 11) is 0. The maximum absolute atomic E-state index is 9.15. The van der Waals surface area contributed by atoms with Gasteiger partial charge in [-0.05, 0) is 56.1 Å². The molecule has 1 fully saturated rings. The molecular weight excluding hydrogens is 206 g/mol. The lowest BCUT2D eigenvalue weighted by Crippen LogP contribution is -2.30. The minimum atomic E-state index is 0.346. The van der Waals surface area contributed by atoms with Crippen LogP contribution in [-0.4, -0.2) is 23.9 Å². The molecule has 1 heterocycles. The van der Waals surface area contributed by atoms with Crippen LogP contribution in [0.25, 0.3) is 0 Å². The fourth-order valence-corrected chi connectivity index (χ4v) is 2.86. The minimum Gasteiger partial charge on any atom is -0.508 e. The van der Waals surface area contributed by atoms with Crippen LogP contribution in [-0.2, 0) is 0 Å². The van der Waals surface area contributed by atoms with E-state index in [1.54, 1.807) is 12.1 Å². The van der Waals surface area contributed by atoms with Crippen LogP contribution in [0.5, 0.6) is 5.75 Å². The van der Waals surface area contributed by atoms with Crippen molar-refractivity contribution in [1.82, 2.24) is 5.32 Å². The first-order valence-electron chi connectivity index (χ1n) is 5.47. The molecule has 1 aromatic rings. The van der Waals surface area contributed by atoms with Gasteiger partial charge >= 0.3 is 0 Å². The van der Waals surface area contributed by atoms with Gasteiger partial charge in [-0.3, -0.25) is 0 Å². The Labute approximate surface area is 95.1 Å². The predicted octanol–water partition coefficient (Wildman–Crippen LogP) is 2.48. The van der Waals surface area contributed by atoms with Crippen LogP contribution >= 0.6 is 11.8 Å². The van der Waals surface area contributed by atoms with Crippen molar-refractivity contribution in [2.75, 3.05) is 18.8 Å². The third-order valence-electron chi connectivity index (χ3n) is 2.72. The van der Waals surface area contributed by atoms with Crippen molar-refractivity contribution in [3.8, 4) is 5.75 Å².